The SMILES string of the molecule is Cc1nc(N2CCN(C(=O)[C@@H]3CC[C@H](N)C3)CC2)c2cnn(C)c2n1. The van der Waals surface area contributed by atoms with E-state index < -0.39 is 0 Å². The predicted molar refractivity (Wildman–Crippen MR) is 95.2 cm³/mol. The molecular formula is C17H25N7O. The summed E-state index contributed by atoms with van der Waals surface area (Å²) in [5.41, 5.74) is 6.81. The van der Waals surface area contributed by atoms with Crippen molar-refractivity contribution in [2.75, 3.05) is 31.1 Å². The first kappa shape index (κ1) is 16.3. The number of carbonyl (C=O) groups excluding carboxylic acids is 1. The van der Waals surface area contributed by atoms with Crippen LogP contribution in [0.2, 0.25) is 0 Å². The molecule has 2 N–H and O–H groups in total. The quantitative estimate of drug-likeness (QED) is 0.851. The summed E-state index contributed by atoms with van der Waals surface area (Å²) in [5.74, 6) is 2.06. The zero-order chi connectivity index (χ0) is 17.6. The lowest BCUT2D eigenvalue weighted by molar-refractivity contribution is -0.135. The van der Waals surface area contributed by atoms with E-state index in [-0.39, 0.29) is 17.9 Å². The smallest absolute Gasteiger partial charge is 0.225 e. The molecule has 2 atom stereocenters. The maximum Gasteiger partial charge on any atom is 0.225 e. The molecule has 2 fully saturated rings. The Morgan fingerprint density at radius 2 is 1.96 bits per heavy atom. The largest absolute Gasteiger partial charge is 0.352 e. The number of aryl methyl sites for hydroxylation is 2. The van der Waals surface area contributed by atoms with E-state index in [1.54, 1.807) is 4.68 Å². The summed E-state index contributed by atoms with van der Waals surface area (Å²) < 4.78 is 1.77. The number of nitrogens with two attached hydrogens (primary N) is 1. The van der Waals surface area contributed by atoms with Crippen LogP contribution in [-0.4, -0.2) is 62.8 Å². The lowest BCUT2D eigenvalue weighted by Crippen LogP contribution is -2.50. The minimum Gasteiger partial charge on any atom is -0.352 e. The highest BCUT2D eigenvalue weighted by Gasteiger charge is 2.33. The molecule has 2 aromatic heterocycles. The minimum atomic E-state index is 0.118. The molecule has 4 rings (SSSR count). The van der Waals surface area contributed by atoms with E-state index in [1.807, 2.05) is 25.1 Å². The van der Waals surface area contributed by atoms with E-state index in [4.69, 9.17) is 5.73 Å². The van der Waals surface area contributed by atoms with Crippen LogP contribution in [0.25, 0.3) is 11.0 Å². The Balaban J connectivity index is 1.48. The highest BCUT2D eigenvalue weighted by Crippen LogP contribution is 2.28. The molecular weight excluding hydrogens is 318 g/mol. The second kappa shape index (κ2) is 6.25. The Kier molecular flexibility index (Phi) is 4.07. The van der Waals surface area contributed by atoms with Gasteiger partial charge >= 0.3 is 0 Å². The number of aromatic nitrogens is 4. The second-order valence-electron chi connectivity index (χ2n) is 7.18. The molecule has 3 heterocycles. The average Bonchev–Trinajstić information content (AvgIpc) is 3.20. The van der Waals surface area contributed by atoms with E-state index in [0.717, 1.165) is 68.1 Å². The minimum absolute atomic E-state index is 0.118. The zero-order valence-corrected chi connectivity index (χ0v) is 14.9. The van der Waals surface area contributed by atoms with E-state index in [0.29, 0.717) is 0 Å². The summed E-state index contributed by atoms with van der Waals surface area (Å²) >= 11 is 0. The second-order valence-corrected chi connectivity index (χ2v) is 7.18. The van der Waals surface area contributed by atoms with Gasteiger partial charge in [-0.15, -0.1) is 0 Å². The normalized spacial score (nSPS) is 24.3. The summed E-state index contributed by atoms with van der Waals surface area (Å²) in [6, 6.07) is 0.193. The fourth-order valence-corrected chi connectivity index (χ4v) is 3.99. The van der Waals surface area contributed by atoms with Crippen LogP contribution in [0.4, 0.5) is 5.82 Å². The lowest BCUT2D eigenvalue weighted by Gasteiger charge is -2.36. The Morgan fingerprint density at radius 1 is 1.20 bits per heavy atom. The summed E-state index contributed by atoms with van der Waals surface area (Å²) in [4.78, 5) is 26.0. The summed E-state index contributed by atoms with van der Waals surface area (Å²) in [7, 11) is 1.89. The Morgan fingerprint density at radius 3 is 2.64 bits per heavy atom. The molecule has 1 aliphatic carbocycles. The topological polar surface area (TPSA) is 93.2 Å². The Hall–Kier alpha value is -2.22. The molecule has 134 valence electrons. The van der Waals surface area contributed by atoms with E-state index in [1.165, 1.54) is 0 Å². The van der Waals surface area contributed by atoms with Crippen molar-refractivity contribution in [2.24, 2.45) is 18.7 Å². The maximum atomic E-state index is 12.7. The third-order valence-corrected chi connectivity index (χ3v) is 5.40. The Labute approximate surface area is 147 Å². The molecule has 1 saturated carbocycles. The van der Waals surface area contributed by atoms with E-state index in [2.05, 4.69) is 20.0 Å². The molecule has 8 nitrogen and oxygen atoms in total. The van der Waals surface area contributed by atoms with Crippen molar-refractivity contribution in [1.29, 1.82) is 0 Å². The predicted octanol–water partition coefficient (Wildman–Crippen LogP) is 0.448. The molecule has 1 amide bonds. The van der Waals surface area contributed by atoms with Crippen molar-refractivity contribution in [1.82, 2.24) is 24.6 Å². The monoisotopic (exact) mass is 343 g/mol. The molecule has 2 aromatic rings. The highest BCUT2D eigenvalue weighted by atomic mass is 16.2. The molecule has 0 bridgehead atoms. The lowest BCUT2D eigenvalue weighted by atomic mass is 10.1. The first-order valence-electron chi connectivity index (χ1n) is 8.98. The molecule has 0 radical (unpaired) electrons. The number of nitrogens with zero attached hydrogens (tertiary/aromatic N) is 6. The summed E-state index contributed by atoms with van der Waals surface area (Å²) in [6.45, 7) is 4.93. The number of amides is 1. The van der Waals surface area contributed by atoms with Gasteiger partial charge in [0.15, 0.2) is 5.65 Å². The highest BCUT2D eigenvalue weighted by molar-refractivity contribution is 5.87. The summed E-state index contributed by atoms with van der Waals surface area (Å²) in [5, 5.41) is 5.27. The summed E-state index contributed by atoms with van der Waals surface area (Å²) in [6.07, 6.45) is 4.55. The number of fused-ring (bicyclic) bond motifs is 1. The molecule has 0 aromatic carbocycles. The number of anilines is 1. The third-order valence-electron chi connectivity index (χ3n) is 5.40. The molecule has 2 aliphatic rings. The van der Waals surface area contributed by atoms with Gasteiger partial charge in [0.2, 0.25) is 5.91 Å². The van der Waals surface area contributed by atoms with Crippen molar-refractivity contribution in [3.8, 4) is 0 Å². The van der Waals surface area contributed by atoms with Crippen LogP contribution >= 0.6 is 0 Å². The first-order chi connectivity index (χ1) is 12.0. The van der Waals surface area contributed by atoms with Gasteiger partial charge < -0.3 is 15.5 Å². The third kappa shape index (κ3) is 2.95. The van der Waals surface area contributed by atoms with Crippen LogP contribution in [0.5, 0.6) is 0 Å². The van der Waals surface area contributed by atoms with Gasteiger partial charge in [-0.05, 0) is 26.2 Å². The van der Waals surface area contributed by atoms with Crippen LogP contribution in [0.1, 0.15) is 25.1 Å². The van der Waals surface area contributed by atoms with Gasteiger partial charge in [0, 0.05) is 45.2 Å². The molecule has 1 saturated heterocycles. The average molecular weight is 343 g/mol. The zero-order valence-electron chi connectivity index (χ0n) is 14.9. The standard InChI is InChI=1S/C17H25N7O/c1-11-20-15-14(10-19-22(15)2)16(21-11)23-5-7-24(8-6-23)17(25)12-3-4-13(18)9-12/h10,12-13H,3-9,18H2,1-2H3/t12-,13+/m1/s1. The number of carbonyl (C=O) groups is 1. The van der Waals surface area contributed by atoms with Gasteiger partial charge in [-0.2, -0.15) is 5.10 Å². The van der Waals surface area contributed by atoms with Gasteiger partial charge in [-0.1, -0.05) is 0 Å². The van der Waals surface area contributed by atoms with Crippen LogP contribution in [0.3, 0.4) is 0 Å². The molecule has 0 unspecified atom stereocenters. The van der Waals surface area contributed by atoms with E-state index >= 15 is 0 Å². The fourth-order valence-electron chi connectivity index (χ4n) is 3.99. The van der Waals surface area contributed by atoms with Crippen molar-refractivity contribution in [3.63, 3.8) is 0 Å². The molecule has 0 spiro atoms. The van der Waals surface area contributed by atoms with Gasteiger partial charge in [0.1, 0.15) is 11.6 Å². The molecule has 1 aliphatic heterocycles. The van der Waals surface area contributed by atoms with Gasteiger partial charge in [0.25, 0.3) is 0 Å². The van der Waals surface area contributed by atoms with Crippen LogP contribution in [-0.2, 0) is 11.8 Å². The van der Waals surface area contributed by atoms with Crippen LogP contribution < -0.4 is 10.6 Å². The van der Waals surface area contributed by atoms with Gasteiger partial charge in [0.05, 0.1) is 11.6 Å². The van der Waals surface area contributed by atoms with Crippen LogP contribution in [0.15, 0.2) is 6.20 Å². The number of hydrogen-bond donors (Lipinski definition) is 1. The Bertz CT molecular complexity index is 794. The van der Waals surface area contributed by atoms with Crippen molar-refractivity contribution >= 4 is 22.8 Å². The van der Waals surface area contributed by atoms with E-state index in [9.17, 15) is 4.79 Å². The fraction of sp³-hybridized carbons (Fsp3) is 0.647. The van der Waals surface area contributed by atoms with Crippen molar-refractivity contribution < 1.29 is 4.79 Å². The van der Waals surface area contributed by atoms with Gasteiger partial charge in [-0.25, -0.2) is 9.97 Å². The molecule has 8 heteroatoms. The first-order valence-corrected chi connectivity index (χ1v) is 8.98. The van der Waals surface area contributed by atoms with Crippen molar-refractivity contribution in [3.05, 3.63) is 12.0 Å². The van der Waals surface area contributed by atoms with Crippen LogP contribution in [0, 0.1) is 12.8 Å². The molecule has 25 heavy (non-hydrogen) atoms. The maximum absolute atomic E-state index is 12.7. The van der Waals surface area contributed by atoms with Gasteiger partial charge in [-0.3, -0.25) is 9.48 Å². The number of piperazine rings is 1. The number of hydrogen-bond acceptors (Lipinski definition) is 6. The number of rotatable bonds is 2. The van der Waals surface area contributed by atoms with Crippen molar-refractivity contribution in [2.45, 2.75) is 32.2 Å².